The second kappa shape index (κ2) is 9.38. The van der Waals surface area contributed by atoms with Gasteiger partial charge in [0.05, 0.1) is 24.9 Å². The van der Waals surface area contributed by atoms with Gasteiger partial charge < -0.3 is 9.64 Å². The molecule has 126 valence electrons. The molecule has 21 heavy (non-hydrogen) atoms. The van der Waals surface area contributed by atoms with E-state index in [1.165, 1.54) is 19.6 Å². The Morgan fingerprint density at radius 3 is 1.81 bits per heavy atom. The van der Waals surface area contributed by atoms with Gasteiger partial charge in [-0.15, -0.1) is 0 Å². The van der Waals surface area contributed by atoms with E-state index in [1.807, 2.05) is 0 Å². The third-order valence-corrected chi connectivity index (χ3v) is 4.00. The first kappa shape index (κ1) is 20.3. The molecule has 0 unspecified atom stereocenters. The highest BCUT2D eigenvalue weighted by Gasteiger charge is 2.52. The van der Waals surface area contributed by atoms with Crippen LogP contribution in [-0.4, -0.2) is 58.4 Å². The van der Waals surface area contributed by atoms with Gasteiger partial charge in [0.2, 0.25) is 0 Å². The minimum absolute atomic E-state index is 0.0926. The van der Waals surface area contributed by atoms with E-state index in [0.717, 1.165) is 6.26 Å². The van der Waals surface area contributed by atoms with Crippen molar-refractivity contribution in [2.45, 2.75) is 40.5 Å². The van der Waals surface area contributed by atoms with Gasteiger partial charge in [-0.05, 0) is 39.4 Å². The Bertz CT molecular complexity index is 394. The van der Waals surface area contributed by atoms with Gasteiger partial charge in [-0.2, -0.15) is 8.42 Å². The van der Waals surface area contributed by atoms with Crippen molar-refractivity contribution in [1.82, 2.24) is 4.90 Å². The smallest absolute Gasteiger partial charge is 0.314 e. The van der Waals surface area contributed by atoms with Gasteiger partial charge in [-0.1, -0.05) is 20.8 Å². The van der Waals surface area contributed by atoms with Crippen molar-refractivity contribution in [2.75, 3.05) is 39.1 Å². The number of carbonyl (C=O) groups excluding carboxylic acids is 1. The summed E-state index contributed by atoms with van der Waals surface area (Å²) in [6.07, 6.45) is 2.25. The lowest BCUT2D eigenvalue weighted by molar-refractivity contribution is -0.150. The zero-order valence-corrected chi connectivity index (χ0v) is 14.7. The third-order valence-electron chi connectivity index (χ3n) is 3.45. The first-order valence-corrected chi connectivity index (χ1v) is 9.30. The number of carbonyl (C=O) groups is 1. The zero-order valence-electron chi connectivity index (χ0n) is 13.8. The maximum Gasteiger partial charge on any atom is 0.314 e. The van der Waals surface area contributed by atoms with Crippen LogP contribution in [0.5, 0.6) is 0 Å². The highest BCUT2D eigenvalue weighted by Crippen LogP contribution is 2.47. The number of hydrogen-bond acceptors (Lipinski definition) is 6. The molecule has 0 aliphatic heterocycles. The molecule has 0 aromatic heterocycles. The van der Waals surface area contributed by atoms with Crippen molar-refractivity contribution >= 4 is 16.1 Å². The van der Waals surface area contributed by atoms with E-state index < -0.39 is 15.5 Å². The predicted molar refractivity (Wildman–Crippen MR) is 82.6 cm³/mol. The van der Waals surface area contributed by atoms with Gasteiger partial charge in [-0.25, -0.2) is 0 Å². The molecule has 1 aliphatic rings. The van der Waals surface area contributed by atoms with Gasteiger partial charge in [0, 0.05) is 0 Å². The van der Waals surface area contributed by atoms with Crippen LogP contribution < -0.4 is 0 Å². The van der Waals surface area contributed by atoms with Gasteiger partial charge in [0.1, 0.15) is 0 Å². The summed E-state index contributed by atoms with van der Waals surface area (Å²) in [6, 6.07) is 0. The van der Waals surface area contributed by atoms with Crippen molar-refractivity contribution in [2.24, 2.45) is 5.41 Å². The van der Waals surface area contributed by atoms with E-state index in [9.17, 15) is 13.2 Å². The number of rotatable bonds is 8. The van der Waals surface area contributed by atoms with Crippen LogP contribution in [0.2, 0.25) is 0 Å². The topological polar surface area (TPSA) is 72.9 Å². The monoisotopic (exact) mass is 323 g/mol. The lowest BCUT2D eigenvalue weighted by Crippen LogP contribution is -2.25. The molecule has 6 nitrogen and oxygen atoms in total. The molecule has 0 saturated heterocycles. The molecule has 0 N–H and O–H groups in total. The predicted octanol–water partition coefficient (Wildman–Crippen LogP) is 1.65. The summed E-state index contributed by atoms with van der Waals surface area (Å²) in [6.45, 7) is 12.1. The van der Waals surface area contributed by atoms with Crippen LogP contribution in [0, 0.1) is 5.41 Å². The third kappa shape index (κ3) is 8.38. The van der Waals surface area contributed by atoms with E-state index in [1.54, 1.807) is 6.92 Å². The molecule has 0 bridgehead atoms. The Hall–Kier alpha value is -0.660. The van der Waals surface area contributed by atoms with Crippen molar-refractivity contribution in [3.05, 3.63) is 0 Å². The molecule has 0 aromatic carbocycles. The lowest BCUT2D eigenvalue weighted by atomic mass is 10.1. The molecule has 1 rings (SSSR count). The summed E-state index contributed by atoms with van der Waals surface area (Å²) in [7, 11) is -3.47. The molecule has 7 heteroatoms. The highest BCUT2D eigenvalue weighted by atomic mass is 32.2. The average Bonchev–Trinajstić information content (AvgIpc) is 3.20. The van der Waals surface area contributed by atoms with Crippen molar-refractivity contribution in [3.63, 3.8) is 0 Å². The molecule has 0 atom stereocenters. The first-order valence-electron chi connectivity index (χ1n) is 7.48. The molecule has 0 spiro atoms. The molecule has 1 saturated carbocycles. The van der Waals surface area contributed by atoms with Gasteiger partial charge in [0.15, 0.2) is 0 Å². The van der Waals surface area contributed by atoms with Gasteiger partial charge >= 0.3 is 5.97 Å². The molecule has 1 fully saturated rings. The minimum atomic E-state index is -3.47. The largest absolute Gasteiger partial charge is 0.465 e. The van der Waals surface area contributed by atoms with Gasteiger partial charge in [0.25, 0.3) is 10.1 Å². The second-order valence-electron chi connectivity index (χ2n) is 5.09. The quantitative estimate of drug-likeness (QED) is 0.499. The first-order chi connectivity index (χ1) is 9.74. The normalized spacial score (nSPS) is 16.1. The SMILES string of the molecule is CCN(CC)CC.CCOC(=O)C1(COS(C)(=O)=O)CC1. The molecule has 0 radical (unpaired) electrons. The Labute approximate surface area is 128 Å². The van der Waals surface area contributed by atoms with Crippen molar-refractivity contribution < 1.29 is 22.1 Å². The van der Waals surface area contributed by atoms with E-state index in [0.29, 0.717) is 19.4 Å². The number of ether oxygens (including phenoxy) is 1. The molecule has 0 heterocycles. The van der Waals surface area contributed by atoms with Crippen molar-refractivity contribution in [1.29, 1.82) is 0 Å². The van der Waals surface area contributed by atoms with E-state index >= 15 is 0 Å². The van der Waals surface area contributed by atoms with Crippen LogP contribution in [0.15, 0.2) is 0 Å². The Morgan fingerprint density at radius 1 is 1.10 bits per heavy atom. The Kier molecular flexibility index (Phi) is 9.08. The highest BCUT2D eigenvalue weighted by molar-refractivity contribution is 7.85. The molecular weight excluding hydrogens is 294 g/mol. The fourth-order valence-electron chi connectivity index (χ4n) is 1.73. The summed E-state index contributed by atoms with van der Waals surface area (Å²) >= 11 is 0. The number of hydrogen-bond donors (Lipinski definition) is 0. The Morgan fingerprint density at radius 2 is 1.57 bits per heavy atom. The molecule has 0 amide bonds. The van der Waals surface area contributed by atoms with Crippen LogP contribution in [0.4, 0.5) is 0 Å². The average molecular weight is 323 g/mol. The summed E-state index contributed by atoms with van der Waals surface area (Å²) < 4.78 is 30.8. The molecular formula is C14H29NO5S. The number of esters is 1. The number of nitrogens with zero attached hydrogens (tertiary/aromatic N) is 1. The zero-order chi connectivity index (χ0) is 16.5. The van der Waals surface area contributed by atoms with Crippen LogP contribution in [0.3, 0.4) is 0 Å². The van der Waals surface area contributed by atoms with Gasteiger partial charge in [-0.3, -0.25) is 8.98 Å². The van der Waals surface area contributed by atoms with Crippen molar-refractivity contribution in [3.8, 4) is 0 Å². The van der Waals surface area contributed by atoms with Crippen LogP contribution in [-0.2, 0) is 23.8 Å². The Balaban J connectivity index is 0.000000486. The van der Waals surface area contributed by atoms with Crippen LogP contribution >= 0.6 is 0 Å². The standard InChI is InChI=1S/C8H14O5S.C6H15N/c1-3-12-7(9)8(4-5-8)6-13-14(2,10)11;1-4-7(5-2)6-3/h3-6H2,1-2H3;4-6H2,1-3H3. The van der Waals surface area contributed by atoms with Crippen LogP contribution in [0.25, 0.3) is 0 Å². The van der Waals surface area contributed by atoms with E-state index in [-0.39, 0.29) is 12.6 Å². The maximum absolute atomic E-state index is 11.3. The summed E-state index contributed by atoms with van der Waals surface area (Å²) in [5.41, 5.74) is -0.695. The minimum Gasteiger partial charge on any atom is -0.465 e. The second-order valence-corrected chi connectivity index (χ2v) is 6.73. The maximum atomic E-state index is 11.3. The lowest BCUT2D eigenvalue weighted by Gasteiger charge is -2.13. The molecule has 1 aliphatic carbocycles. The summed E-state index contributed by atoms with van der Waals surface area (Å²) in [5.74, 6) is -0.358. The van der Waals surface area contributed by atoms with E-state index in [4.69, 9.17) is 4.74 Å². The summed E-state index contributed by atoms with van der Waals surface area (Å²) in [4.78, 5) is 13.7. The summed E-state index contributed by atoms with van der Waals surface area (Å²) in [5, 5.41) is 0. The molecule has 0 aromatic rings. The fraction of sp³-hybridized carbons (Fsp3) is 0.929. The fourth-order valence-corrected chi connectivity index (χ4v) is 2.17. The van der Waals surface area contributed by atoms with E-state index in [2.05, 4.69) is 29.9 Å². The van der Waals surface area contributed by atoms with Crippen LogP contribution in [0.1, 0.15) is 40.5 Å².